The highest BCUT2D eigenvalue weighted by atomic mass is 35.5. The Labute approximate surface area is 167 Å². The molecule has 142 valence electrons. The van der Waals surface area contributed by atoms with Crippen molar-refractivity contribution in [1.82, 2.24) is 20.4 Å². The van der Waals surface area contributed by atoms with Crippen molar-refractivity contribution in [2.75, 3.05) is 10.0 Å². The van der Waals surface area contributed by atoms with Gasteiger partial charge in [0.1, 0.15) is 5.01 Å². The molecule has 1 amide bonds. The van der Waals surface area contributed by atoms with E-state index in [2.05, 4.69) is 30.4 Å². The van der Waals surface area contributed by atoms with Crippen molar-refractivity contribution >= 4 is 60.5 Å². The van der Waals surface area contributed by atoms with Crippen LogP contribution in [0.4, 0.5) is 10.3 Å². The highest BCUT2D eigenvalue weighted by Gasteiger charge is 2.23. The third kappa shape index (κ3) is 4.77. The van der Waals surface area contributed by atoms with Crippen molar-refractivity contribution in [2.24, 2.45) is 5.92 Å². The Balaban J connectivity index is 1.74. The number of benzene rings is 1. The second-order valence-corrected chi connectivity index (χ2v) is 9.79. The lowest BCUT2D eigenvalue weighted by Crippen LogP contribution is -2.17. The first-order valence-corrected chi connectivity index (χ1v) is 11.0. The predicted octanol–water partition coefficient (Wildman–Crippen LogP) is 3.11. The Kier molecular flexibility index (Phi) is 5.69. The van der Waals surface area contributed by atoms with E-state index >= 15 is 0 Å². The monoisotopic (exact) mass is 444 g/mol. The zero-order valence-corrected chi connectivity index (χ0v) is 17.2. The van der Waals surface area contributed by atoms with Crippen LogP contribution in [0, 0.1) is 5.92 Å². The third-order valence-electron chi connectivity index (χ3n) is 3.13. The summed E-state index contributed by atoms with van der Waals surface area (Å²) in [4.78, 5) is 11.7. The molecule has 1 aromatic carbocycles. The number of carbonyl (C=O) groups excluding carboxylic acids is 1. The number of nitrogens with one attached hydrogen (secondary N) is 2. The normalized spacial score (nSPS) is 11.6. The van der Waals surface area contributed by atoms with Gasteiger partial charge in [-0.1, -0.05) is 60.3 Å². The van der Waals surface area contributed by atoms with E-state index in [-0.39, 0.29) is 26.4 Å². The molecule has 2 heterocycles. The van der Waals surface area contributed by atoms with Gasteiger partial charge in [0.25, 0.3) is 14.4 Å². The zero-order valence-electron chi connectivity index (χ0n) is 14.0. The Hall–Kier alpha value is -2.15. The molecule has 0 aliphatic rings. The van der Waals surface area contributed by atoms with E-state index in [4.69, 9.17) is 11.6 Å². The predicted molar refractivity (Wildman–Crippen MR) is 105 cm³/mol. The lowest BCUT2D eigenvalue weighted by atomic mass is 10.2. The second kappa shape index (κ2) is 7.84. The van der Waals surface area contributed by atoms with Gasteiger partial charge in [-0.25, -0.2) is 0 Å². The number of sulfonamides is 1. The van der Waals surface area contributed by atoms with E-state index in [1.165, 1.54) is 0 Å². The van der Waals surface area contributed by atoms with Gasteiger partial charge in [0.2, 0.25) is 16.2 Å². The van der Waals surface area contributed by atoms with Crippen LogP contribution >= 0.6 is 34.3 Å². The molecule has 13 heteroatoms. The molecule has 3 aromatic rings. The molecule has 27 heavy (non-hydrogen) atoms. The summed E-state index contributed by atoms with van der Waals surface area (Å²) in [7, 11) is -3.99. The molecule has 0 aliphatic carbocycles. The minimum absolute atomic E-state index is 0.0860. The van der Waals surface area contributed by atoms with Crippen molar-refractivity contribution in [2.45, 2.75) is 18.2 Å². The fourth-order valence-electron chi connectivity index (χ4n) is 1.75. The molecule has 0 atom stereocenters. The van der Waals surface area contributed by atoms with Gasteiger partial charge in [-0.05, 0) is 12.1 Å². The first kappa shape index (κ1) is 19.6. The van der Waals surface area contributed by atoms with Crippen LogP contribution < -0.4 is 10.0 Å². The van der Waals surface area contributed by atoms with Crippen LogP contribution in [0.3, 0.4) is 0 Å². The van der Waals surface area contributed by atoms with E-state index in [1.807, 2.05) is 0 Å². The van der Waals surface area contributed by atoms with Gasteiger partial charge in [0.05, 0.1) is 0 Å². The van der Waals surface area contributed by atoms with Crippen LogP contribution in [0.1, 0.15) is 13.8 Å². The highest BCUT2D eigenvalue weighted by Crippen LogP contribution is 2.29. The number of nitrogens with zero attached hydrogens (tertiary/aromatic N) is 4. The second-order valence-electron chi connectivity index (χ2n) is 5.54. The summed E-state index contributed by atoms with van der Waals surface area (Å²) in [6, 6.07) is 6.93. The lowest BCUT2D eigenvalue weighted by Gasteiger charge is -2.02. The molecule has 2 aromatic heterocycles. The number of rotatable bonds is 6. The van der Waals surface area contributed by atoms with Crippen LogP contribution in [0.5, 0.6) is 0 Å². The third-order valence-corrected chi connectivity index (χ3v) is 6.94. The molecule has 0 radical (unpaired) electrons. The SMILES string of the molecule is CC(C)C(=O)Nc1nnc(S(=O)(=O)Nc2nnc(-c3ccc(Cl)cc3)s2)s1. The van der Waals surface area contributed by atoms with Gasteiger partial charge in [0, 0.05) is 16.5 Å². The summed E-state index contributed by atoms with van der Waals surface area (Å²) < 4.78 is 26.9. The Morgan fingerprint density at radius 1 is 1.04 bits per heavy atom. The lowest BCUT2D eigenvalue weighted by molar-refractivity contribution is -0.118. The van der Waals surface area contributed by atoms with Crippen LogP contribution in [-0.2, 0) is 14.8 Å². The smallest absolute Gasteiger partial charge is 0.293 e. The zero-order chi connectivity index (χ0) is 19.6. The minimum Gasteiger partial charge on any atom is -0.300 e. The number of halogens is 1. The number of carbonyl (C=O) groups is 1. The van der Waals surface area contributed by atoms with Crippen molar-refractivity contribution < 1.29 is 13.2 Å². The van der Waals surface area contributed by atoms with Crippen molar-refractivity contribution in [3.8, 4) is 10.6 Å². The number of aromatic nitrogens is 4. The molecule has 0 fully saturated rings. The summed E-state index contributed by atoms with van der Waals surface area (Å²) in [6.45, 7) is 3.42. The van der Waals surface area contributed by atoms with Crippen molar-refractivity contribution in [3.05, 3.63) is 29.3 Å². The van der Waals surface area contributed by atoms with Crippen LogP contribution in [0.15, 0.2) is 28.6 Å². The first-order chi connectivity index (χ1) is 12.7. The Bertz CT molecular complexity index is 1060. The van der Waals surface area contributed by atoms with Gasteiger partial charge in [-0.2, -0.15) is 8.42 Å². The quantitative estimate of drug-likeness (QED) is 0.559. The van der Waals surface area contributed by atoms with E-state index in [0.29, 0.717) is 10.0 Å². The molecule has 0 saturated carbocycles. The maximum Gasteiger partial charge on any atom is 0.293 e. The molecular weight excluding hydrogens is 432 g/mol. The Morgan fingerprint density at radius 3 is 2.37 bits per heavy atom. The van der Waals surface area contributed by atoms with Crippen LogP contribution in [-0.4, -0.2) is 34.7 Å². The fraction of sp³-hybridized carbons (Fsp3) is 0.214. The van der Waals surface area contributed by atoms with E-state index in [9.17, 15) is 13.2 Å². The van der Waals surface area contributed by atoms with Gasteiger partial charge in [-0.15, -0.1) is 20.4 Å². The first-order valence-electron chi connectivity index (χ1n) is 7.51. The van der Waals surface area contributed by atoms with Gasteiger partial charge < -0.3 is 5.32 Å². The highest BCUT2D eigenvalue weighted by molar-refractivity contribution is 7.94. The molecule has 0 bridgehead atoms. The van der Waals surface area contributed by atoms with Crippen LogP contribution in [0.2, 0.25) is 5.02 Å². The maximum absolute atomic E-state index is 12.4. The topological polar surface area (TPSA) is 127 Å². The molecule has 2 N–H and O–H groups in total. The molecule has 0 aliphatic heterocycles. The number of anilines is 2. The maximum atomic E-state index is 12.4. The molecule has 9 nitrogen and oxygen atoms in total. The average molecular weight is 445 g/mol. The van der Waals surface area contributed by atoms with Gasteiger partial charge in [0.15, 0.2) is 0 Å². The van der Waals surface area contributed by atoms with Crippen molar-refractivity contribution in [1.29, 1.82) is 0 Å². The molecule has 0 spiro atoms. The summed E-state index contributed by atoms with van der Waals surface area (Å²) >= 11 is 7.66. The standard InChI is InChI=1S/C14H13ClN6O3S3/c1-7(2)10(22)16-12-18-20-14(26-12)27(23,24)21-13-19-17-11(25-13)8-3-5-9(15)6-4-8/h3-7H,1-2H3,(H,19,21)(H,16,18,22). The fourth-order valence-corrected chi connectivity index (χ4v) is 4.76. The van der Waals surface area contributed by atoms with Gasteiger partial charge in [-0.3, -0.25) is 9.52 Å². The van der Waals surface area contributed by atoms with E-state index in [0.717, 1.165) is 28.2 Å². The average Bonchev–Trinajstić information content (AvgIpc) is 3.25. The number of amides is 1. The van der Waals surface area contributed by atoms with Crippen LogP contribution in [0.25, 0.3) is 10.6 Å². The number of hydrogen-bond acceptors (Lipinski definition) is 9. The van der Waals surface area contributed by atoms with Gasteiger partial charge >= 0.3 is 0 Å². The number of hydrogen-bond donors (Lipinski definition) is 2. The summed E-state index contributed by atoms with van der Waals surface area (Å²) in [5, 5.41) is 18.9. The largest absolute Gasteiger partial charge is 0.300 e. The Morgan fingerprint density at radius 2 is 1.70 bits per heavy atom. The summed E-state index contributed by atoms with van der Waals surface area (Å²) in [6.07, 6.45) is 0. The molecule has 0 saturated heterocycles. The summed E-state index contributed by atoms with van der Waals surface area (Å²) in [5.74, 6) is -0.542. The molecule has 3 rings (SSSR count). The van der Waals surface area contributed by atoms with E-state index in [1.54, 1.807) is 38.1 Å². The minimum atomic E-state index is -3.99. The summed E-state index contributed by atoms with van der Waals surface area (Å²) in [5.41, 5.74) is 0.761. The molecule has 0 unspecified atom stereocenters. The van der Waals surface area contributed by atoms with E-state index < -0.39 is 10.0 Å². The van der Waals surface area contributed by atoms with Crippen molar-refractivity contribution in [3.63, 3.8) is 0 Å². The molecular formula is C14H13ClN6O3S3.